The minimum atomic E-state index is -0.119. The molecule has 0 atom stereocenters. The van der Waals surface area contributed by atoms with Crippen molar-refractivity contribution < 1.29 is 30.6 Å². The van der Waals surface area contributed by atoms with E-state index in [9.17, 15) is 5.11 Å². The fourth-order valence-corrected chi connectivity index (χ4v) is 5.76. The van der Waals surface area contributed by atoms with Crippen molar-refractivity contribution in [3.05, 3.63) is 121 Å². The molecule has 1 N–H and O–H groups in total. The van der Waals surface area contributed by atoms with Gasteiger partial charge in [0.1, 0.15) is 12.1 Å². The summed E-state index contributed by atoms with van der Waals surface area (Å²) in [5, 5.41) is 19.9. The molecule has 0 saturated carbocycles. The maximum Gasteiger partial charge on any atom is 0.327 e. The molecule has 0 aliphatic heterocycles. The molecule has 4 aromatic heterocycles. The zero-order chi connectivity index (χ0) is 30.7. The van der Waals surface area contributed by atoms with Crippen LogP contribution in [0.15, 0.2) is 114 Å². The molecule has 4 aromatic carbocycles. The monoisotopic (exact) mass is 781 g/mol. The molecule has 8 heteroatoms. The quantitative estimate of drug-likeness (QED) is 0.180. The average Bonchev–Trinajstić information content (AvgIpc) is 3.65. The number of phenols is 1. The van der Waals surface area contributed by atoms with Gasteiger partial charge in [-0.3, -0.25) is 4.98 Å². The van der Waals surface area contributed by atoms with Crippen molar-refractivity contribution in [3.63, 3.8) is 0 Å². The van der Waals surface area contributed by atoms with Crippen LogP contribution in [0.4, 0.5) is 0 Å². The number of rotatable bonds is 4. The Labute approximate surface area is 279 Å². The Morgan fingerprint density at radius 2 is 1.59 bits per heavy atom. The van der Waals surface area contributed by atoms with Gasteiger partial charge in [0.05, 0.1) is 22.4 Å². The summed E-state index contributed by atoms with van der Waals surface area (Å²) in [6, 6.07) is 37.8. The summed E-state index contributed by atoms with van der Waals surface area (Å²) in [5.41, 5.74) is 10.1. The Bertz CT molecular complexity index is 2390. The molecule has 7 nitrogen and oxygen atoms in total. The van der Waals surface area contributed by atoms with Gasteiger partial charge in [0.2, 0.25) is 0 Å². The van der Waals surface area contributed by atoms with Gasteiger partial charge in [-0.1, -0.05) is 86.5 Å². The van der Waals surface area contributed by atoms with Gasteiger partial charge in [-0.15, -0.1) is 40.5 Å². The minimum Gasteiger partial charge on any atom is -0.507 e. The SMILES string of the molecule is CC(C)(C)c1cc(-c2[c-]ccc(-c3ccccc3)c2)nc(-c2cccc3ccc(-c4cc5c(cc4O)oc4nncn45)nc23)c1.[Pt]. The van der Waals surface area contributed by atoms with Gasteiger partial charge in [-0.2, -0.15) is 0 Å². The summed E-state index contributed by atoms with van der Waals surface area (Å²) >= 11 is 0. The molecule has 0 unspecified atom stereocenters. The molecule has 46 heavy (non-hydrogen) atoms. The molecule has 0 aliphatic carbocycles. The largest absolute Gasteiger partial charge is 0.507 e. The maximum absolute atomic E-state index is 11.0. The van der Waals surface area contributed by atoms with Crippen molar-refractivity contribution in [1.82, 2.24) is 24.6 Å². The number of aromatic hydroxyl groups is 1. The summed E-state index contributed by atoms with van der Waals surface area (Å²) in [6.45, 7) is 6.63. The maximum atomic E-state index is 11.0. The molecule has 8 aromatic rings. The number of nitrogens with zero attached hydrogens (tertiary/aromatic N) is 5. The number of oxazole rings is 1. The second-order valence-corrected chi connectivity index (χ2v) is 12.2. The first kappa shape index (κ1) is 29.6. The van der Waals surface area contributed by atoms with Crippen molar-refractivity contribution in [2.24, 2.45) is 0 Å². The van der Waals surface area contributed by atoms with Gasteiger partial charge in [-0.25, -0.2) is 9.38 Å². The molecule has 0 aliphatic rings. The Balaban J connectivity index is 0.00000338. The summed E-state index contributed by atoms with van der Waals surface area (Å²) < 4.78 is 7.48. The zero-order valence-corrected chi connectivity index (χ0v) is 27.6. The van der Waals surface area contributed by atoms with Crippen molar-refractivity contribution in [2.45, 2.75) is 26.2 Å². The Morgan fingerprint density at radius 3 is 2.41 bits per heavy atom. The fraction of sp³-hybridized carbons (Fsp3) is 0.105. The van der Waals surface area contributed by atoms with Gasteiger partial charge in [0, 0.05) is 43.6 Å². The number of fused-ring (bicyclic) bond motifs is 4. The van der Waals surface area contributed by atoms with Crippen molar-refractivity contribution in [1.29, 1.82) is 0 Å². The molecule has 0 spiro atoms. The van der Waals surface area contributed by atoms with Gasteiger partial charge < -0.3 is 9.52 Å². The summed E-state index contributed by atoms with van der Waals surface area (Å²) in [6.07, 6.45) is 1.59. The summed E-state index contributed by atoms with van der Waals surface area (Å²) in [4.78, 5) is 10.3. The van der Waals surface area contributed by atoms with E-state index in [2.05, 4.69) is 79.5 Å². The van der Waals surface area contributed by atoms with Crippen LogP contribution < -0.4 is 0 Å². The molecule has 4 heterocycles. The zero-order valence-electron chi connectivity index (χ0n) is 25.3. The van der Waals surface area contributed by atoms with Gasteiger partial charge in [0.25, 0.3) is 0 Å². The van der Waals surface area contributed by atoms with Crippen LogP contribution in [0.5, 0.6) is 5.75 Å². The van der Waals surface area contributed by atoms with E-state index in [4.69, 9.17) is 14.4 Å². The number of para-hydroxylation sites is 1. The first-order valence-electron chi connectivity index (χ1n) is 14.8. The van der Waals surface area contributed by atoms with Crippen molar-refractivity contribution in [2.75, 3.05) is 0 Å². The third kappa shape index (κ3) is 5.17. The van der Waals surface area contributed by atoms with E-state index < -0.39 is 0 Å². The van der Waals surface area contributed by atoms with Gasteiger partial charge in [-0.05, 0) is 40.4 Å². The van der Waals surface area contributed by atoms with Crippen LogP contribution in [0.25, 0.3) is 72.7 Å². The molecular formula is C38H28N5O2Pt-. The van der Waals surface area contributed by atoms with E-state index >= 15 is 0 Å². The van der Waals surface area contributed by atoms with Crippen LogP contribution in [0.2, 0.25) is 0 Å². The third-order valence-electron chi connectivity index (χ3n) is 8.20. The second-order valence-electron chi connectivity index (χ2n) is 12.2. The normalized spacial score (nSPS) is 11.7. The second kappa shape index (κ2) is 11.3. The molecule has 0 saturated heterocycles. The number of phenolic OH excluding ortho intramolecular Hbond substituents is 1. The van der Waals surface area contributed by atoms with Gasteiger partial charge >= 0.3 is 5.84 Å². The number of benzene rings is 4. The number of hydrogen-bond acceptors (Lipinski definition) is 6. The van der Waals surface area contributed by atoms with Crippen LogP contribution in [0.3, 0.4) is 0 Å². The number of pyridine rings is 2. The van der Waals surface area contributed by atoms with Crippen molar-refractivity contribution >= 4 is 27.8 Å². The number of aromatic nitrogens is 5. The minimum absolute atomic E-state index is 0. The Kier molecular flexibility index (Phi) is 7.29. The summed E-state index contributed by atoms with van der Waals surface area (Å²) in [7, 11) is 0. The van der Waals surface area contributed by atoms with Crippen LogP contribution in [-0.2, 0) is 26.5 Å². The van der Waals surface area contributed by atoms with E-state index in [-0.39, 0.29) is 32.2 Å². The van der Waals surface area contributed by atoms with Crippen LogP contribution in [0.1, 0.15) is 26.3 Å². The van der Waals surface area contributed by atoms with E-state index in [0.717, 1.165) is 55.6 Å². The van der Waals surface area contributed by atoms with E-state index in [1.165, 1.54) is 0 Å². The number of hydrogen-bond donors (Lipinski definition) is 1. The van der Waals surface area contributed by atoms with Gasteiger partial charge in [0.15, 0.2) is 5.58 Å². The average molecular weight is 782 g/mol. The molecular weight excluding hydrogens is 754 g/mol. The molecule has 0 fully saturated rings. The standard InChI is InChI=1S/C38H28N5O2.Pt/c1-38(2,3)27-18-31(26-13-7-12-25(17-26)23-9-5-4-6-10-23)40-32(19-27)28-14-8-11-24-15-16-30(41-36(24)28)29-20-33-35(21-34(29)44)45-37-42-39-22-43(33)37;/h4-12,14-22,44H,1-3H3;/q-1;. The molecule has 0 bridgehead atoms. The predicted molar refractivity (Wildman–Crippen MR) is 177 cm³/mol. The first-order valence-corrected chi connectivity index (χ1v) is 14.8. The molecule has 8 rings (SSSR count). The fourth-order valence-electron chi connectivity index (χ4n) is 5.76. The van der Waals surface area contributed by atoms with E-state index in [0.29, 0.717) is 22.7 Å². The Morgan fingerprint density at radius 1 is 0.761 bits per heavy atom. The molecule has 228 valence electrons. The first-order chi connectivity index (χ1) is 21.8. The van der Waals surface area contributed by atoms with Crippen LogP contribution in [0, 0.1) is 6.07 Å². The predicted octanol–water partition coefficient (Wildman–Crippen LogP) is 8.89. The smallest absolute Gasteiger partial charge is 0.327 e. The molecule has 0 radical (unpaired) electrons. The van der Waals surface area contributed by atoms with E-state index in [1.54, 1.807) is 16.8 Å². The summed E-state index contributed by atoms with van der Waals surface area (Å²) in [5.74, 6) is 0.434. The van der Waals surface area contributed by atoms with E-state index in [1.807, 2.05) is 54.6 Å². The van der Waals surface area contributed by atoms with Crippen LogP contribution in [-0.4, -0.2) is 29.7 Å². The topological polar surface area (TPSA) is 89.3 Å². The van der Waals surface area contributed by atoms with Crippen molar-refractivity contribution in [3.8, 4) is 50.6 Å². The van der Waals surface area contributed by atoms with Crippen LogP contribution >= 0.6 is 0 Å². The molecule has 0 amide bonds. The Hall–Kier alpha value is -5.13. The third-order valence-corrected chi connectivity index (χ3v) is 8.20.